The Hall–Kier alpha value is -3.10. The van der Waals surface area contributed by atoms with Gasteiger partial charge >= 0.3 is 0 Å². The normalized spacial score (nSPS) is 10.1. The van der Waals surface area contributed by atoms with Crippen molar-refractivity contribution in [3.05, 3.63) is 82.0 Å². The van der Waals surface area contributed by atoms with Crippen molar-refractivity contribution in [3.63, 3.8) is 0 Å². The van der Waals surface area contributed by atoms with E-state index in [9.17, 15) is 4.79 Å². The molecule has 1 heterocycles. The van der Waals surface area contributed by atoms with E-state index in [1.165, 1.54) is 0 Å². The second kappa shape index (κ2) is 7.65. The first-order valence-electron chi connectivity index (χ1n) is 7.70. The van der Waals surface area contributed by atoms with E-state index in [4.69, 9.17) is 10.00 Å². The highest BCUT2D eigenvalue weighted by atomic mass is 32.1. The molecule has 0 fully saturated rings. The van der Waals surface area contributed by atoms with E-state index < -0.39 is 0 Å². The molecule has 1 amide bonds. The lowest BCUT2D eigenvalue weighted by Gasteiger charge is -2.22. The van der Waals surface area contributed by atoms with Gasteiger partial charge in [0, 0.05) is 16.1 Å². The summed E-state index contributed by atoms with van der Waals surface area (Å²) in [5, 5.41) is 10.9. The fourth-order valence-corrected chi connectivity index (χ4v) is 3.14. The summed E-state index contributed by atoms with van der Waals surface area (Å²) >= 11 is 1.61. The van der Waals surface area contributed by atoms with Crippen LogP contribution >= 0.6 is 11.3 Å². The second-order valence-electron chi connectivity index (χ2n) is 5.36. The summed E-state index contributed by atoms with van der Waals surface area (Å²) in [7, 11) is 1.61. The van der Waals surface area contributed by atoms with Gasteiger partial charge in [0.1, 0.15) is 5.75 Å². The zero-order valence-corrected chi connectivity index (χ0v) is 14.5. The van der Waals surface area contributed by atoms with Crippen LogP contribution in [0, 0.1) is 11.3 Å². The van der Waals surface area contributed by atoms with Gasteiger partial charge in [-0.2, -0.15) is 5.26 Å². The monoisotopic (exact) mass is 348 g/mol. The van der Waals surface area contributed by atoms with Gasteiger partial charge in [-0.05, 0) is 60.0 Å². The van der Waals surface area contributed by atoms with Crippen molar-refractivity contribution in [1.82, 2.24) is 0 Å². The van der Waals surface area contributed by atoms with Gasteiger partial charge < -0.3 is 9.64 Å². The Labute approximate surface area is 150 Å². The second-order valence-corrected chi connectivity index (χ2v) is 6.39. The van der Waals surface area contributed by atoms with Gasteiger partial charge in [-0.25, -0.2) is 0 Å². The van der Waals surface area contributed by atoms with Crippen molar-refractivity contribution < 1.29 is 9.53 Å². The zero-order chi connectivity index (χ0) is 17.6. The number of hydrogen-bond donors (Lipinski definition) is 0. The number of methoxy groups -OCH3 is 1. The summed E-state index contributed by atoms with van der Waals surface area (Å²) < 4.78 is 5.19. The highest BCUT2D eigenvalue weighted by Crippen LogP contribution is 2.24. The van der Waals surface area contributed by atoms with Crippen molar-refractivity contribution in [2.24, 2.45) is 0 Å². The van der Waals surface area contributed by atoms with Crippen molar-refractivity contribution in [1.29, 1.82) is 5.26 Å². The van der Waals surface area contributed by atoms with Crippen molar-refractivity contribution in [2.45, 2.75) is 6.54 Å². The molecular formula is C20H16N2O2S. The summed E-state index contributed by atoms with van der Waals surface area (Å²) in [4.78, 5) is 15.9. The maximum absolute atomic E-state index is 13.0. The third kappa shape index (κ3) is 3.87. The molecule has 0 bridgehead atoms. The van der Waals surface area contributed by atoms with Crippen LogP contribution in [0.3, 0.4) is 0 Å². The van der Waals surface area contributed by atoms with Crippen LogP contribution in [-0.4, -0.2) is 13.0 Å². The Morgan fingerprint density at radius 1 is 1.12 bits per heavy atom. The zero-order valence-electron chi connectivity index (χ0n) is 13.7. The molecule has 0 aliphatic rings. The number of hydrogen-bond acceptors (Lipinski definition) is 4. The average Bonchev–Trinajstić information content (AvgIpc) is 3.19. The smallest absolute Gasteiger partial charge is 0.258 e. The molecule has 3 aromatic rings. The summed E-state index contributed by atoms with van der Waals surface area (Å²) in [5.41, 5.74) is 1.88. The number of carbonyl (C=O) groups is 1. The van der Waals surface area contributed by atoms with E-state index in [1.54, 1.807) is 47.6 Å². The quantitative estimate of drug-likeness (QED) is 0.683. The molecule has 0 radical (unpaired) electrons. The van der Waals surface area contributed by atoms with Crippen molar-refractivity contribution >= 4 is 22.9 Å². The molecule has 0 N–H and O–H groups in total. The molecule has 0 unspecified atom stereocenters. The first kappa shape index (κ1) is 16.7. The molecule has 0 aliphatic carbocycles. The van der Waals surface area contributed by atoms with Gasteiger partial charge in [0.15, 0.2) is 0 Å². The molecule has 2 aromatic carbocycles. The number of nitriles is 1. The Bertz CT molecular complexity index is 879. The maximum Gasteiger partial charge on any atom is 0.258 e. The Balaban J connectivity index is 1.93. The highest BCUT2D eigenvalue weighted by molar-refractivity contribution is 7.09. The van der Waals surface area contributed by atoms with Gasteiger partial charge in [0.05, 0.1) is 25.3 Å². The number of benzene rings is 2. The fraction of sp³-hybridized carbons (Fsp3) is 0.100. The Kier molecular flexibility index (Phi) is 5.12. The van der Waals surface area contributed by atoms with Gasteiger partial charge in [0.2, 0.25) is 0 Å². The molecule has 0 aliphatic heterocycles. The standard InChI is InChI=1S/C20H16N2O2S/c1-24-18-10-8-17(9-11-18)22(14-19-3-2-12-25-19)20(23)16-6-4-15(13-21)5-7-16/h2-12H,14H2,1H3. The minimum absolute atomic E-state index is 0.108. The SMILES string of the molecule is COc1ccc(N(Cc2cccs2)C(=O)c2ccc(C#N)cc2)cc1. The largest absolute Gasteiger partial charge is 0.497 e. The highest BCUT2D eigenvalue weighted by Gasteiger charge is 2.19. The summed E-state index contributed by atoms with van der Waals surface area (Å²) in [6.45, 7) is 0.489. The Morgan fingerprint density at radius 2 is 1.84 bits per heavy atom. The molecule has 25 heavy (non-hydrogen) atoms. The minimum Gasteiger partial charge on any atom is -0.497 e. The average molecular weight is 348 g/mol. The fourth-order valence-electron chi connectivity index (χ4n) is 2.44. The van der Waals surface area contributed by atoms with Crippen LogP contribution in [0.2, 0.25) is 0 Å². The van der Waals surface area contributed by atoms with E-state index >= 15 is 0 Å². The van der Waals surface area contributed by atoms with E-state index in [1.807, 2.05) is 41.8 Å². The lowest BCUT2D eigenvalue weighted by Crippen LogP contribution is -2.30. The van der Waals surface area contributed by atoms with Gasteiger partial charge in [-0.3, -0.25) is 4.79 Å². The number of anilines is 1. The van der Waals surface area contributed by atoms with Crippen LogP contribution in [0.5, 0.6) is 5.75 Å². The predicted octanol–water partition coefficient (Wildman–Crippen LogP) is 4.48. The Morgan fingerprint density at radius 3 is 2.40 bits per heavy atom. The molecule has 0 atom stereocenters. The van der Waals surface area contributed by atoms with Gasteiger partial charge in [-0.1, -0.05) is 6.07 Å². The number of carbonyl (C=O) groups excluding carboxylic acids is 1. The summed E-state index contributed by atoms with van der Waals surface area (Å²) in [6.07, 6.45) is 0. The van der Waals surface area contributed by atoms with Crippen molar-refractivity contribution in [3.8, 4) is 11.8 Å². The lowest BCUT2D eigenvalue weighted by molar-refractivity contribution is 0.0985. The van der Waals surface area contributed by atoms with E-state index in [-0.39, 0.29) is 5.91 Å². The number of rotatable bonds is 5. The van der Waals surface area contributed by atoms with E-state index in [0.29, 0.717) is 17.7 Å². The first-order chi connectivity index (χ1) is 12.2. The van der Waals surface area contributed by atoms with Gasteiger partial charge in [0.25, 0.3) is 5.91 Å². The van der Waals surface area contributed by atoms with Crippen LogP contribution in [-0.2, 0) is 6.54 Å². The van der Waals surface area contributed by atoms with Crippen LogP contribution in [0.25, 0.3) is 0 Å². The third-order valence-corrected chi connectivity index (χ3v) is 4.65. The van der Waals surface area contributed by atoms with Crippen LogP contribution in [0.1, 0.15) is 20.8 Å². The number of thiophene rings is 1. The van der Waals surface area contributed by atoms with E-state index in [0.717, 1.165) is 16.3 Å². The lowest BCUT2D eigenvalue weighted by atomic mass is 10.1. The minimum atomic E-state index is -0.108. The molecule has 0 spiro atoms. The predicted molar refractivity (Wildman–Crippen MR) is 99.0 cm³/mol. The topological polar surface area (TPSA) is 53.3 Å². The first-order valence-corrected chi connectivity index (χ1v) is 8.57. The molecule has 0 saturated carbocycles. The van der Waals surface area contributed by atoms with Crippen LogP contribution in [0.15, 0.2) is 66.0 Å². The van der Waals surface area contributed by atoms with E-state index in [2.05, 4.69) is 6.07 Å². The molecule has 3 rings (SSSR count). The van der Waals surface area contributed by atoms with Crippen LogP contribution in [0.4, 0.5) is 5.69 Å². The molecule has 124 valence electrons. The third-order valence-electron chi connectivity index (χ3n) is 3.78. The molecular weight excluding hydrogens is 332 g/mol. The number of ether oxygens (including phenoxy) is 1. The molecule has 1 aromatic heterocycles. The summed E-state index contributed by atoms with van der Waals surface area (Å²) in [5.74, 6) is 0.633. The van der Waals surface area contributed by atoms with Crippen LogP contribution < -0.4 is 9.64 Å². The molecule has 4 nitrogen and oxygen atoms in total. The summed E-state index contributed by atoms with van der Waals surface area (Å²) in [6, 6.07) is 20.1. The van der Waals surface area contributed by atoms with Crippen molar-refractivity contribution in [2.75, 3.05) is 12.0 Å². The number of amides is 1. The van der Waals surface area contributed by atoms with Gasteiger partial charge in [-0.15, -0.1) is 11.3 Å². The molecule has 0 saturated heterocycles. The number of nitrogens with zero attached hydrogens (tertiary/aromatic N) is 2. The maximum atomic E-state index is 13.0. The molecule has 5 heteroatoms.